The predicted octanol–water partition coefficient (Wildman–Crippen LogP) is 3.00. The van der Waals surface area contributed by atoms with Gasteiger partial charge in [-0.3, -0.25) is 0 Å². The summed E-state index contributed by atoms with van der Waals surface area (Å²) in [4.78, 5) is 4.33. The third-order valence-corrected chi connectivity index (χ3v) is 2.75. The van der Waals surface area contributed by atoms with E-state index in [-0.39, 0.29) is 0 Å². The van der Waals surface area contributed by atoms with Crippen molar-refractivity contribution in [3.63, 3.8) is 0 Å². The minimum absolute atomic E-state index is 0.619. The van der Waals surface area contributed by atoms with Crippen LogP contribution in [0.25, 0.3) is 11.4 Å². The Morgan fingerprint density at radius 1 is 1.41 bits per heavy atom. The van der Waals surface area contributed by atoms with Gasteiger partial charge in [0, 0.05) is 10.0 Å². The summed E-state index contributed by atoms with van der Waals surface area (Å²) < 4.78 is 6.17. The molecule has 5 heteroatoms. The van der Waals surface area contributed by atoms with Gasteiger partial charge >= 0.3 is 0 Å². The predicted molar refractivity (Wildman–Crippen MR) is 69.4 cm³/mol. The number of halogens is 1. The number of benzene rings is 1. The minimum atomic E-state index is 0.619. The van der Waals surface area contributed by atoms with Gasteiger partial charge < -0.3 is 9.84 Å². The molecule has 2 rings (SSSR count). The van der Waals surface area contributed by atoms with E-state index in [0.29, 0.717) is 18.3 Å². The van der Waals surface area contributed by atoms with Crippen LogP contribution in [0.5, 0.6) is 0 Å². The molecular formula is C12H14BrN3O. The second-order valence-corrected chi connectivity index (χ2v) is 4.61. The molecule has 0 fully saturated rings. The van der Waals surface area contributed by atoms with Crippen molar-refractivity contribution in [2.24, 2.45) is 0 Å². The van der Waals surface area contributed by atoms with Gasteiger partial charge in [0.2, 0.25) is 11.7 Å². The molecule has 0 aliphatic rings. The molecule has 2 aromatic rings. The van der Waals surface area contributed by atoms with Crippen LogP contribution in [0.3, 0.4) is 0 Å². The number of hydrogen-bond acceptors (Lipinski definition) is 4. The first-order valence-electron chi connectivity index (χ1n) is 5.59. The highest BCUT2D eigenvalue weighted by molar-refractivity contribution is 9.10. The molecule has 17 heavy (non-hydrogen) atoms. The molecule has 0 aliphatic heterocycles. The molecule has 0 atom stereocenters. The van der Waals surface area contributed by atoms with Gasteiger partial charge in [0.25, 0.3) is 0 Å². The standard InChI is InChI=1S/C12H14BrN3O/c1-2-6-14-8-11-15-12(16-17-11)9-4-3-5-10(13)7-9/h3-5,7,14H,2,6,8H2,1H3. The van der Waals surface area contributed by atoms with Gasteiger partial charge in [0.1, 0.15) is 0 Å². The fraction of sp³-hybridized carbons (Fsp3) is 0.333. The number of aromatic nitrogens is 2. The quantitative estimate of drug-likeness (QED) is 0.862. The topological polar surface area (TPSA) is 51.0 Å². The maximum atomic E-state index is 5.17. The van der Waals surface area contributed by atoms with E-state index in [2.05, 4.69) is 38.3 Å². The van der Waals surface area contributed by atoms with Crippen LogP contribution in [0.4, 0.5) is 0 Å². The minimum Gasteiger partial charge on any atom is -0.338 e. The Balaban J connectivity index is 2.07. The van der Waals surface area contributed by atoms with E-state index < -0.39 is 0 Å². The molecule has 1 aromatic heterocycles. The molecule has 1 aromatic carbocycles. The van der Waals surface area contributed by atoms with Gasteiger partial charge in [0.05, 0.1) is 6.54 Å². The zero-order valence-electron chi connectivity index (χ0n) is 9.61. The molecule has 0 amide bonds. The number of nitrogens with zero attached hydrogens (tertiary/aromatic N) is 2. The Labute approximate surface area is 109 Å². The van der Waals surface area contributed by atoms with Crippen LogP contribution in [0.15, 0.2) is 33.3 Å². The normalized spacial score (nSPS) is 10.7. The highest BCUT2D eigenvalue weighted by atomic mass is 79.9. The smallest absolute Gasteiger partial charge is 0.240 e. The van der Waals surface area contributed by atoms with E-state index in [1.165, 1.54) is 0 Å². The monoisotopic (exact) mass is 295 g/mol. The molecule has 4 nitrogen and oxygen atoms in total. The van der Waals surface area contributed by atoms with Gasteiger partial charge in [0.15, 0.2) is 0 Å². The van der Waals surface area contributed by atoms with Crippen LogP contribution in [0.1, 0.15) is 19.2 Å². The third-order valence-electron chi connectivity index (χ3n) is 2.25. The fourth-order valence-corrected chi connectivity index (χ4v) is 1.84. The van der Waals surface area contributed by atoms with Crippen molar-refractivity contribution in [1.82, 2.24) is 15.5 Å². The SMILES string of the molecule is CCCNCc1nc(-c2cccc(Br)c2)no1. The maximum Gasteiger partial charge on any atom is 0.240 e. The van der Waals surface area contributed by atoms with Gasteiger partial charge in [-0.25, -0.2) is 0 Å². The van der Waals surface area contributed by atoms with E-state index in [9.17, 15) is 0 Å². The summed E-state index contributed by atoms with van der Waals surface area (Å²) in [6, 6.07) is 7.84. The summed E-state index contributed by atoms with van der Waals surface area (Å²) in [6.45, 7) is 3.69. The first-order valence-corrected chi connectivity index (χ1v) is 6.38. The van der Waals surface area contributed by atoms with Crippen LogP contribution >= 0.6 is 15.9 Å². The average Bonchev–Trinajstić information content (AvgIpc) is 2.78. The molecular weight excluding hydrogens is 282 g/mol. The lowest BCUT2D eigenvalue weighted by Crippen LogP contribution is -2.13. The van der Waals surface area contributed by atoms with E-state index >= 15 is 0 Å². The maximum absolute atomic E-state index is 5.17. The van der Waals surface area contributed by atoms with Crippen molar-refractivity contribution >= 4 is 15.9 Å². The molecule has 0 spiro atoms. The molecule has 0 aliphatic carbocycles. The summed E-state index contributed by atoms with van der Waals surface area (Å²) in [6.07, 6.45) is 1.09. The van der Waals surface area contributed by atoms with Crippen molar-refractivity contribution in [2.45, 2.75) is 19.9 Å². The molecule has 0 unspecified atom stereocenters. The summed E-state index contributed by atoms with van der Waals surface area (Å²) >= 11 is 3.42. The lowest BCUT2D eigenvalue weighted by Gasteiger charge is -1.96. The average molecular weight is 296 g/mol. The summed E-state index contributed by atoms with van der Waals surface area (Å²) in [5, 5.41) is 7.18. The molecule has 0 saturated heterocycles. The highest BCUT2D eigenvalue weighted by Gasteiger charge is 2.07. The molecule has 0 radical (unpaired) electrons. The summed E-state index contributed by atoms with van der Waals surface area (Å²) in [7, 11) is 0. The van der Waals surface area contributed by atoms with Crippen LogP contribution < -0.4 is 5.32 Å². The van der Waals surface area contributed by atoms with Crippen molar-refractivity contribution in [2.75, 3.05) is 6.54 Å². The van der Waals surface area contributed by atoms with E-state index in [4.69, 9.17) is 4.52 Å². The number of nitrogens with one attached hydrogen (secondary N) is 1. The molecule has 1 N–H and O–H groups in total. The second kappa shape index (κ2) is 5.93. The van der Waals surface area contributed by atoms with Gasteiger partial charge in [-0.05, 0) is 25.1 Å². The van der Waals surface area contributed by atoms with Gasteiger partial charge in [-0.15, -0.1) is 0 Å². The van der Waals surface area contributed by atoms with Crippen molar-refractivity contribution in [3.8, 4) is 11.4 Å². The lowest BCUT2D eigenvalue weighted by atomic mass is 10.2. The third kappa shape index (κ3) is 3.38. The van der Waals surface area contributed by atoms with E-state index in [0.717, 1.165) is 23.0 Å². The Morgan fingerprint density at radius 3 is 3.06 bits per heavy atom. The van der Waals surface area contributed by atoms with E-state index in [1.54, 1.807) is 0 Å². The Bertz CT molecular complexity index is 484. The van der Waals surface area contributed by atoms with Crippen molar-refractivity contribution < 1.29 is 4.52 Å². The van der Waals surface area contributed by atoms with Crippen LogP contribution in [0, 0.1) is 0 Å². The van der Waals surface area contributed by atoms with Gasteiger partial charge in [-0.1, -0.05) is 40.1 Å². The zero-order chi connectivity index (χ0) is 12.1. The zero-order valence-corrected chi connectivity index (χ0v) is 11.2. The number of hydrogen-bond donors (Lipinski definition) is 1. The molecule has 1 heterocycles. The first-order chi connectivity index (χ1) is 8.29. The van der Waals surface area contributed by atoms with Crippen LogP contribution in [0.2, 0.25) is 0 Å². The Kier molecular flexibility index (Phi) is 4.28. The lowest BCUT2D eigenvalue weighted by molar-refractivity contribution is 0.368. The summed E-state index contributed by atoms with van der Waals surface area (Å²) in [5.41, 5.74) is 0.949. The fourth-order valence-electron chi connectivity index (χ4n) is 1.44. The van der Waals surface area contributed by atoms with Gasteiger partial charge in [-0.2, -0.15) is 4.98 Å². The first kappa shape index (κ1) is 12.3. The van der Waals surface area contributed by atoms with Crippen LogP contribution in [-0.4, -0.2) is 16.7 Å². The Morgan fingerprint density at radius 2 is 2.29 bits per heavy atom. The second-order valence-electron chi connectivity index (χ2n) is 3.70. The van der Waals surface area contributed by atoms with E-state index in [1.807, 2.05) is 24.3 Å². The molecule has 0 saturated carbocycles. The van der Waals surface area contributed by atoms with Crippen LogP contribution in [-0.2, 0) is 6.54 Å². The summed E-state index contributed by atoms with van der Waals surface area (Å²) in [5.74, 6) is 1.24. The largest absolute Gasteiger partial charge is 0.338 e. The Hall–Kier alpha value is -1.20. The highest BCUT2D eigenvalue weighted by Crippen LogP contribution is 2.20. The number of rotatable bonds is 5. The molecule has 90 valence electrons. The van der Waals surface area contributed by atoms with Crippen molar-refractivity contribution in [3.05, 3.63) is 34.6 Å². The molecule has 0 bridgehead atoms. The van der Waals surface area contributed by atoms with Crippen molar-refractivity contribution in [1.29, 1.82) is 0 Å².